The third kappa shape index (κ3) is 1.83. The topological polar surface area (TPSA) is 12.9 Å². The Morgan fingerprint density at radius 3 is 2.80 bits per heavy atom. The van der Waals surface area contributed by atoms with E-state index in [-0.39, 0.29) is 0 Å². The maximum atomic E-state index is 5.72. The Labute approximate surface area is 86.4 Å². The van der Waals surface area contributed by atoms with Crippen LogP contribution in [0.2, 0.25) is 5.15 Å². The highest BCUT2D eigenvalue weighted by Crippen LogP contribution is 2.23. The number of aromatic nitrogens is 1. The number of nitrogens with zero attached hydrogens (tertiary/aromatic N) is 1. The van der Waals surface area contributed by atoms with Crippen molar-refractivity contribution in [2.45, 2.75) is 6.92 Å². The van der Waals surface area contributed by atoms with Crippen LogP contribution < -0.4 is 0 Å². The highest BCUT2D eigenvalue weighted by Gasteiger charge is 2.01. The molecule has 0 saturated heterocycles. The lowest BCUT2D eigenvalue weighted by Crippen LogP contribution is -1.86. The van der Waals surface area contributed by atoms with Crippen molar-refractivity contribution in [2.24, 2.45) is 0 Å². The van der Waals surface area contributed by atoms with Gasteiger partial charge >= 0.3 is 0 Å². The summed E-state index contributed by atoms with van der Waals surface area (Å²) in [5.41, 5.74) is 0.966. The first kappa shape index (κ1) is 8.74. The molecule has 1 aromatic rings. The van der Waals surface area contributed by atoms with Crippen molar-refractivity contribution in [2.75, 3.05) is 0 Å². The monoisotopic (exact) mass is 331 g/mol. The molecule has 0 unspecified atom stereocenters. The molecule has 0 atom stereocenters. The third-order valence-electron chi connectivity index (χ3n) is 1.06. The number of rotatable bonds is 0. The number of hydrogen-bond acceptors (Lipinski definition) is 1. The molecule has 0 aliphatic carbocycles. The van der Waals surface area contributed by atoms with Crippen molar-refractivity contribution >= 4 is 50.1 Å². The molecular weight excluding hydrogens is 328 g/mol. The zero-order valence-electron chi connectivity index (χ0n) is 5.16. The quantitative estimate of drug-likeness (QED) is 0.524. The molecule has 0 saturated carbocycles. The molecule has 0 spiro atoms. The van der Waals surface area contributed by atoms with Gasteiger partial charge in [0.2, 0.25) is 0 Å². The van der Waals surface area contributed by atoms with Gasteiger partial charge in [0, 0.05) is 3.57 Å². The summed E-state index contributed by atoms with van der Waals surface area (Å²) in [7, 11) is 0. The Morgan fingerprint density at radius 1 is 1.70 bits per heavy atom. The minimum Gasteiger partial charge on any atom is -0.239 e. The number of pyridine rings is 1. The fourth-order valence-electron chi connectivity index (χ4n) is 0.529. The van der Waals surface area contributed by atoms with Crippen LogP contribution >= 0.6 is 50.1 Å². The van der Waals surface area contributed by atoms with E-state index in [0.29, 0.717) is 5.15 Å². The second kappa shape index (κ2) is 3.36. The lowest BCUT2D eigenvalue weighted by molar-refractivity contribution is 1.17. The van der Waals surface area contributed by atoms with Crippen molar-refractivity contribution in [1.29, 1.82) is 0 Å². The van der Waals surface area contributed by atoms with Gasteiger partial charge in [0.1, 0.15) is 5.15 Å². The standard InChI is InChI=1S/C6H4BrClIN/c1-3-5(9)2-4(7)6(8)10-3/h2H,1H3. The van der Waals surface area contributed by atoms with Gasteiger partial charge in [0.05, 0.1) is 10.2 Å². The predicted molar refractivity (Wildman–Crippen MR) is 54.4 cm³/mol. The first-order chi connectivity index (χ1) is 4.61. The van der Waals surface area contributed by atoms with Crippen LogP contribution in [0.4, 0.5) is 0 Å². The first-order valence-electron chi connectivity index (χ1n) is 2.59. The number of aryl methyl sites for hydroxylation is 1. The van der Waals surface area contributed by atoms with Gasteiger partial charge in [0.25, 0.3) is 0 Å². The van der Waals surface area contributed by atoms with E-state index < -0.39 is 0 Å². The molecule has 0 amide bonds. The predicted octanol–water partition coefficient (Wildman–Crippen LogP) is 3.41. The maximum absolute atomic E-state index is 5.72. The Kier molecular flexibility index (Phi) is 2.94. The molecule has 0 aromatic carbocycles. The van der Waals surface area contributed by atoms with Gasteiger partial charge in [0.15, 0.2) is 0 Å². The van der Waals surface area contributed by atoms with Crippen LogP contribution in [-0.4, -0.2) is 4.98 Å². The van der Waals surface area contributed by atoms with Crippen LogP contribution in [0, 0.1) is 10.5 Å². The molecule has 0 aliphatic heterocycles. The van der Waals surface area contributed by atoms with Crippen LogP contribution in [0.15, 0.2) is 10.5 Å². The van der Waals surface area contributed by atoms with Crippen LogP contribution in [0.5, 0.6) is 0 Å². The van der Waals surface area contributed by atoms with Crippen molar-refractivity contribution < 1.29 is 0 Å². The Bertz CT molecular complexity index is 214. The normalized spacial score (nSPS) is 10.0. The van der Waals surface area contributed by atoms with E-state index in [1.54, 1.807) is 0 Å². The van der Waals surface area contributed by atoms with E-state index >= 15 is 0 Å². The smallest absolute Gasteiger partial charge is 0.143 e. The van der Waals surface area contributed by atoms with Crippen molar-refractivity contribution in [3.05, 3.63) is 25.0 Å². The minimum absolute atomic E-state index is 0.526. The summed E-state index contributed by atoms with van der Waals surface area (Å²) in [6, 6.07) is 1.95. The molecule has 0 N–H and O–H groups in total. The molecule has 0 aliphatic rings. The molecule has 0 radical (unpaired) electrons. The van der Waals surface area contributed by atoms with E-state index in [4.69, 9.17) is 11.6 Å². The highest BCUT2D eigenvalue weighted by molar-refractivity contribution is 14.1. The molecule has 0 fully saturated rings. The van der Waals surface area contributed by atoms with Gasteiger partial charge < -0.3 is 0 Å². The SMILES string of the molecule is Cc1nc(Cl)c(Br)cc1I. The first-order valence-corrected chi connectivity index (χ1v) is 4.84. The summed E-state index contributed by atoms with van der Waals surface area (Å²) in [5.74, 6) is 0. The Morgan fingerprint density at radius 2 is 2.30 bits per heavy atom. The molecule has 1 heterocycles. The summed E-state index contributed by atoms with van der Waals surface area (Å²) in [6.07, 6.45) is 0. The van der Waals surface area contributed by atoms with E-state index in [1.807, 2.05) is 13.0 Å². The molecule has 1 nitrogen and oxygen atoms in total. The van der Waals surface area contributed by atoms with E-state index in [2.05, 4.69) is 43.5 Å². The Balaban J connectivity index is 3.28. The number of halogens is 3. The van der Waals surface area contributed by atoms with Crippen LogP contribution in [0.1, 0.15) is 5.69 Å². The van der Waals surface area contributed by atoms with Gasteiger partial charge in [-0.15, -0.1) is 0 Å². The van der Waals surface area contributed by atoms with E-state index in [9.17, 15) is 0 Å². The van der Waals surface area contributed by atoms with Gasteiger partial charge in [-0.1, -0.05) is 11.6 Å². The second-order valence-electron chi connectivity index (χ2n) is 1.83. The molecule has 10 heavy (non-hydrogen) atoms. The fraction of sp³-hybridized carbons (Fsp3) is 0.167. The van der Waals surface area contributed by atoms with Crippen molar-refractivity contribution in [3.8, 4) is 0 Å². The largest absolute Gasteiger partial charge is 0.239 e. The summed E-state index contributed by atoms with van der Waals surface area (Å²) in [6.45, 7) is 1.93. The maximum Gasteiger partial charge on any atom is 0.143 e. The zero-order chi connectivity index (χ0) is 7.72. The molecule has 0 bridgehead atoms. The van der Waals surface area contributed by atoms with Gasteiger partial charge in [-0.2, -0.15) is 0 Å². The van der Waals surface area contributed by atoms with Gasteiger partial charge in [-0.25, -0.2) is 4.98 Å². The van der Waals surface area contributed by atoms with Crippen LogP contribution in [0.3, 0.4) is 0 Å². The van der Waals surface area contributed by atoms with Gasteiger partial charge in [-0.05, 0) is 51.5 Å². The zero-order valence-corrected chi connectivity index (χ0v) is 9.66. The summed E-state index contributed by atoms with van der Waals surface area (Å²) >= 11 is 11.2. The summed E-state index contributed by atoms with van der Waals surface area (Å²) in [5, 5.41) is 0.526. The molecule has 54 valence electrons. The highest BCUT2D eigenvalue weighted by atomic mass is 127. The molecule has 1 rings (SSSR count). The summed E-state index contributed by atoms with van der Waals surface area (Å²) < 4.78 is 1.97. The number of hydrogen-bond donors (Lipinski definition) is 0. The molecular formula is C6H4BrClIN. The fourth-order valence-corrected chi connectivity index (χ4v) is 1.89. The van der Waals surface area contributed by atoms with Gasteiger partial charge in [-0.3, -0.25) is 0 Å². The van der Waals surface area contributed by atoms with E-state index in [0.717, 1.165) is 13.7 Å². The minimum atomic E-state index is 0.526. The Hall–Kier alpha value is 0.650. The van der Waals surface area contributed by atoms with Crippen molar-refractivity contribution in [3.63, 3.8) is 0 Å². The van der Waals surface area contributed by atoms with Crippen LogP contribution in [-0.2, 0) is 0 Å². The molecule has 1 aromatic heterocycles. The summed E-state index contributed by atoms with van der Waals surface area (Å²) in [4.78, 5) is 4.08. The van der Waals surface area contributed by atoms with Crippen LogP contribution in [0.25, 0.3) is 0 Å². The second-order valence-corrected chi connectivity index (χ2v) is 4.20. The van der Waals surface area contributed by atoms with Crippen molar-refractivity contribution in [1.82, 2.24) is 4.98 Å². The third-order valence-corrected chi connectivity index (χ3v) is 3.27. The average molecular weight is 332 g/mol. The average Bonchev–Trinajstić information content (AvgIpc) is 1.84. The van der Waals surface area contributed by atoms with E-state index in [1.165, 1.54) is 0 Å². The lowest BCUT2D eigenvalue weighted by Gasteiger charge is -1.98. The molecule has 4 heteroatoms. The lowest BCUT2D eigenvalue weighted by atomic mass is 10.4.